The fourth-order valence-electron chi connectivity index (χ4n) is 1.90. The minimum Gasteiger partial charge on any atom is -0.466 e. The first-order valence-electron chi connectivity index (χ1n) is 5.97. The number of carbonyl (C=O) groups is 2. The summed E-state index contributed by atoms with van der Waals surface area (Å²) in [5.41, 5.74) is 0. The first-order chi connectivity index (χ1) is 8.15. The number of amides is 1. The summed E-state index contributed by atoms with van der Waals surface area (Å²) < 4.78 is 4.75. The van der Waals surface area contributed by atoms with Crippen molar-refractivity contribution in [3.63, 3.8) is 0 Å². The standard InChI is InChI=1S/C12H18N2O3/c1-10(15)17-8-5-11(9-13)12(16)14-6-3-2-4-7-14/h11H,2-8H2,1H3. The number of ether oxygens (including phenoxy) is 1. The van der Waals surface area contributed by atoms with Gasteiger partial charge in [0.15, 0.2) is 0 Å². The van der Waals surface area contributed by atoms with E-state index in [1.54, 1.807) is 4.90 Å². The van der Waals surface area contributed by atoms with Gasteiger partial charge in [-0.3, -0.25) is 9.59 Å². The summed E-state index contributed by atoms with van der Waals surface area (Å²) in [6.45, 7) is 2.93. The molecule has 0 bridgehead atoms. The molecule has 1 fully saturated rings. The van der Waals surface area contributed by atoms with Gasteiger partial charge < -0.3 is 9.64 Å². The summed E-state index contributed by atoms with van der Waals surface area (Å²) in [4.78, 5) is 24.3. The highest BCUT2D eigenvalue weighted by atomic mass is 16.5. The van der Waals surface area contributed by atoms with Gasteiger partial charge in [-0.25, -0.2) is 0 Å². The molecule has 0 saturated carbocycles. The van der Waals surface area contributed by atoms with E-state index in [9.17, 15) is 9.59 Å². The van der Waals surface area contributed by atoms with Gasteiger partial charge in [-0.1, -0.05) is 0 Å². The Labute approximate surface area is 101 Å². The number of carbonyl (C=O) groups excluding carboxylic acids is 2. The summed E-state index contributed by atoms with van der Waals surface area (Å²) in [5, 5.41) is 8.95. The van der Waals surface area contributed by atoms with E-state index in [1.807, 2.05) is 6.07 Å². The Morgan fingerprint density at radius 1 is 1.35 bits per heavy atom. The highest BCUT2D eigenvalue weighted by molar-refractivity contribution is 5.81. The third kappa shape index (κ3) is 4.43. The van der Waals surface area contributed by atoms with Crippen molar-refractivity contribution in [2.75, 3.05) is 19.7 Å². The first kappa shape index (κ1) is 13.5. The molecule has 1 amide bonds. The number of hydrogen-bond acceptors (Lipinski definition) is 4. The van der Waals surface area contributed by atoms with Crippen LogP contribution in [0.15, 0.2) is 0 Å². The summed E-state index contributed by atoms with van der Waals surface area (Å²) in [7, 11) is 0. The Balaban J connectivity index is 2.40. The Kier molecular flexibility index (Phi) is 5.47. The molecule has 0 aromatic carbocycles. The molecular weight excluding hydrogens is 220 g/mol. The topological polar surface area (TPSA) is 70.4 Å². The van der Waals surface area contributed by atoms with E-state index in [1.165, 1.54) is 6.92 Å². The van der Waals surface area contributed by atoms with Crippen LogP contribution in [0.5, 0.6) is 0 Å². The molecule has 5 heteroatoms. The zero-order valence-electron chi connectivity index (χ0n) is 10.1. The van der Waals surface area contributed by atoms with Gasteiger partial charge in [-0.05, 0) is 19.3 Å². The van der Waals surface area contributed by atoms with Crippen LogP contribution in [0.3, 0.4) is 0 Å². The largest absolute Gasteiger partial charge is 0.466 e. The van der Waals surface area contributed by atoms with Crippen LogP contribution < -0.4 is 0 Å². The van der Waals surface area contributed by atoms with Crippen LogP contribution in [0, 0.1) is 17.2 Å². The predicted octanol–water partition coefficient (Wildman–Crippen LogP) is 1.09. The van der Waals surface area contributed by atoms with Crippen LogP contribution >= 0.6 is 0 Å². The molecule has 1 saturated heterocycles. The van der Waals surface area contributed by atoms with Crippen LogP contribution in [0.4, 0.5) is 0 Å². The fraction of sp³-hybridized carbons (Fsp3) is 0.750. The van der Waals surface area contributed by atoms with Gasteiger partial charge in [-0.2, -0.15) is 5.26 Å². The van der Waals surface area contributed by atoms with E-state index >= 15 is 0 Å². The van der Waals surface area contributed by atoms with Crippen molar-refractivity contribution in [3.05, 3.63) is 0 Å². The maximum absolute atomic E-state index is 12.0. The van der Waals surface area contributed by atoms with Gasteiger partial charge in [-0.15, -0.1) is 0 Å². The van der Waals surface area contributed by atoms with Crippen molar-refractivity contribution in [1.29, 1.82) is 5.26 Å². The predicted molar refractivity (Wildman–Crippen MR) is 60.8 cm³/mol. The van der Waals surface area contributed by atoms with Gasteiger partial charge in [0.1, 0.15) is 5.92 Å². The highest BCUT2D eigenvalue weighted by Gasteiger charge is 2.25. The number of rotatable bonds is 4. The third-order valence-electron chi connectivity index (χ3n) is 2.83. The molecule has 1 atom stereocenters. The molecule has 0 radical (unpaired) electrons. The summed E-state index contributed by atoms with van der Waals surface area (Å²) in [6.07, 6.45) is 3.45. The molecule has 0 aromatic rings. The normalized spacial score (nSPS) is 17.1. The quantitative estimate of drug-likeness (QED) is 0.687. The van der Waals surface area contributed by atoms with Crippen LogP contribution in [-0.2, 0) is 14.3 Å². The molecule has 1 rings (SSSR count). The Bertz CT molecular complexity index is 316. The SMILES string of the molecule is CC(=O)OCCC(C#N)C(=O)N1CCCCC1. The minimum atomic E-state index is -0.688. The molecule has 5 nitrogen and oxygen atoms in total. The van der Waals surface area contributed by atoms with Crippen molar-refractivity contribution >= 4 is 11.9 Å². The van der Waals surface area contributed by atoms with Gasteiger partial charge in [0.05, 0.1) is 12.7 Å². The second-order valence-corrected chi connectivity index (χ2v) is 4.20. The Morgan fingerprint density at radius 2 is 2.00 bits per heavy atom. The van der Waals surface area contributed by atoms with Gasteiger partial charge in [0, 0.05) is 26.4 Å². The van der Waals surface area contributed by atoms with Gasteiger partial charge in [0.2, 0.25) is 5.91 Å². The van der Waals surface area contributed by atoms with Crippen molar-refractivity contribution in [1.82, 2.24) is 4.90 Å². The van der Waals surface area contributed by atoms with E-state index in [4.69, 9.17) is 10.00 Å². The van der Waals surface area contributed by atoms with Crippen molar-refractivity contribution in [3.8, 4) is 6.07 Å². The minimum absolute atomic E-state index is 0.126. The van der Waals surface area contributed by atoms with Crippen molar-refractivity contribution in [2.24, 2.45) is 5.92 Å². The molecule has 94 valence electrons. The lowest BCUT2D eigenvalue weighted by Gasteiger charge is -2.28. The Morgan fingerprint density at radius 3 is 2.53 bits per heavy atom. The summed E-state index contributed by atoms with van der Waals surface area (Å²) in [5.74, 6) is -1.20. The van der Waals surface area contributed by atoms with Crippen LogP contribution in [-0.4, -0.2) is 36.5 Å². The fourth-order valence-corrected chi connectivity index (χ4v) is 1.90. The lowest BCUT2D eigenvalue weighted by Crippen LogP contribution is -2.39. The molecule has 1 heterocycles. The molecule has 0 spiro atoms. The van der Waals surface area contributed by atoms with Crippen molar-refractivity contribution < 1.29 is 14.3 Å². The average molecular weight is 238 g/mol. The number of likely N-dealkylation sites (tertiary alicyclic amines) is 1. The number of hydrogen-bond donors (Lipinski definition) is 0. The van der Waals surface area contributed by atoms with E-state index in [2.05, 4.69) is 0 Å². The number of esters is 1. The number of piperidine rings is 1. The zero-order valence-corrected chi connectivity index (χ0v) is 10.1. The molecule has 0 N–H and O–H groups in total. The third-order valence-corrected chi connectivity index (χ3v) is 2.83. The van der Waals surface area contributed by atoms with E-state index in [0.717, 1.165) is 32.4 Å². The smallest absolute Gasteiger partial charge is 0.302 e. The Hall–Kier alpha value is -1.57. The monoisotopic (exact) mass is 238 g/mol. The lowest BCUT2D eigenvalue weighted by atomic mass is 10.0. The molecular formula is C12H18N2O3. The second kappa shape index (κ2) is 6.89. The highest BCUT2D eigenvalue weighted by Crippen LogP contribution is 2.14. The van der Waals surface area contributed by atoms with Crippen LogP contribution in [0.2, 0.25) is 0 Å². The lowest BCUT2D eigenvalue weighted by molar-refractivity contribution is -0.143. The van der Waals surface area contributed by atoms with Gasteiger partial charge >= 0.3 is 5.97 Å². The summed E-state index contributed by atoms with van der Waals surface area (Å²) >= 11 is 0. The van der Waals surface area contributed by atoms with Gasteiger partial charge in [0.25, 0.3) is 0 Å². The second-order valence-electron chi connectivity index (χ2n) is 4.20. The first-order valence-corrected chi connectivity index (χ1v) is 5.97. The zero-order chi connectivity index (χ0) is 12.7. The number of nitriles is 1. The van der Waals surface area contributed by atoms with E-state index < -0.39 is 5.92 Å². The van der Waals surface area contributed by atoms with E-state index in [-0.39, 0.29) is 24.9 Å². The molecule has 1 aliphatic heterocycles. The molecule has 0 aliphatic carbocycles. The maximum atomic E-state index is 12.0. The number of nitrogens with zero attached hydrogens (tertiary/aromatic N) is 2. The molecule has 1 aliphatic rings. The van der Waals surface area contributed by atoms with Crippen LogP contribution in [0.25, 0.3) is 0 Å². The molecule has 17 heavy (non-hydrogen) atoms. The average Bonchev–Trinajstić information content (AvgIpc) is 2.34. The van der Waals surface area contributed by atoms with Crippen LogP contribution in [0.1, 0.15) is 32.6 Å². The summed E-state index contributed by atoms with van der Waals surface area (Å²) in [6, 6.07) is 1.99. The van der Waals surface area contributed by atoms with E-state index in [0.29, 0.717) is 0 Å². The maximum Gasteiger partial charge on any atom is 0.302 e. The molecule has 1 unspecified atom stereocenters. The molecule has 0 aromatic heterocycles. The van der Waals surface area contributed by atoms with Crippen molar-refractivity contribution in [2.45, 2.75) is 32.6 Å².